The fourth-order valence-electron chi connectivity index (χ4n) is 1.66. The third kappa shape index (κ3) is 1.91. The summed E-state index contributed by atoms with van der Waals surface area (Å²) in [7, 11) is 0. The molecule has 0 bridgehead atoms. The van der Waals surface area contributed by atoms with Crippen molar-refractivity contribution in [1.29, 1.82) is 0 Å². The number of hydrogen-bond donors (Lipinski definition) is 1. The van der Waals surface area contributed by atoms with E-state index in [0.29, 0.717) is 6.42 Å². The summed E-state index contributed by atoms with van der Waals surface area (Å²) < 4.78 is 0. The van der Waals surface area contributed by atoms with Gasteiger partial charge >= 0.3 is 0 Å². The van der Waals surface area contributed by atoms with Crippen LogP contribution in [0.3, 0.4) is 0 Å². The quantitative estimate of drug-likeness (QED) is 0.620. The molecule has 1 aliphatic rings. The van der Waals surface area contributed by atoms with E-state index in [1.54, 1.807) is 0 Å². The number of aliphatic hydroxyl groups excluding tert-OH is 1. The Morgan fingerprint density at radius 3 is 2.75 bits per heavy atom. The van der Waals surface area contributed by atoms with Gasteiger partial charge in [-0.3, -0.25) is 9.59 Å². The molecule has 1 N–H and O–H groups in total. The standard InChI is InChI=1S/C9H14O3/c1-2-3-6-4-7(10)5-8(11)9(6)12/h6-7,10H,2-5H2,1H3/t6-,7-/m1/s1. The molecule has 0 spiro atoms. The van der Waals surface area contributed by atoms with Gasteiger partial charge in [0, 0.05) is 12.3 Å². The van der Waals surface area contributed by atoms with Gasteiger partial charge in [-0.2, -0.15) is 0 Å². The number of aliphatic hydroxyl groups is 1. The van der Waals surface area contributed by atoms with Gasteiger partial charge in [0.05, 0.1) is 6.10 Å². The number of hydrogen-bond acceptors (Lipinski definition) is 3. The fourth-order valence-corrected chi connectivity index (χ4v) is 1.66. The average molecular weight is 170 g/mol. The molecule has 1 aliphatic carbocycles. The van der Waals surface area contributed by atoms with E-state index in [4.69, 9.17) is 0 Å². The zero-order chi connectivity index (χ0) is 9.14. The highest BCUT2D eigenvalue weighted by atomic mass is 16.3. The van der Waals surface area contributed by atoms with E-state index in [-0.39, 0.29) is 18.1 Å². The van der Waals surface area contributed by atoms with E-state index in [9.17, 15) is 14.7 Å². The first kappa shape index (κ1) is 9.39. The molecule has 0 aromatic rings. The van der Waals surface area contributed by atoms with Crippen molar-refractivity contribution in [3.8, 4) is 0 Å². The van der Waals surface area contributed by atoms with Crippen molar-refractivity contribution >= 4 is 11.6 Å². The fraction of sp³-hybridized carbons (Fsp3) is 0.778. The topological polar surface area (TPSA) is 54.4 Å². The van der Waals surface area contributed by atoms with Gasteiger partial charge in [-0.25, -0.2) is 0 Å². The van der Waals surface area contributed by atoms with Crippen LogP contribution in [0.25, 0.3) is 0 Å². The predicted molar refractivity (Wildman–Crippen MR) is 43.7 cm³/mol. The number of Topliss-reactive ketones (excluding diaryl/α,β-unsaturated/α-hetero) is 2. The van der Waals surface area contributed by atoms with Gasteiger partial charge in [-0.15, -0.1) is 0 Å². The highest BCUT2D eigenvalue weighted by Gasteiger charge is 2.33. The van der Waals surface area contributed by atoms with Crippen LogP contribution in [-0.2, 0) is 9.59 Å². The van der Waals surface area contributed by atoms with Gasteiger partial charge in [-0.05, 0) is 12.8 Å². The maximum absolute atomic E-state index is 11.2. The van der Waals surface area contributed by atoms with Gasteiger partial charge < -0.3 is 5.11 Å². The molecule has 0 unspecified atom stereocenters. The Kier molecular flexibility index (Phi) is 2.98. The van der Waals surface area contributed by atoms with Gasteiger partial charge in [0.1, 0.15) is 0 Å². The first-order chi connectivity index (χ1) is 5.65. The maximum Gasteiger partial charge on any atom is 0.201 e. The van der Waals surface area contributed by atoms with Crippen molar-refractivity contribution in [1.82, 2.24) is 0 Å². The third-order valence-electron chi connectivity index (χ3n) is 2.26. The van der Waals surface area contributed by atoms with E-state index in [1.807, 2.05) is 6.92 Å². The van der Waals surface area contributed by atoms with Crippen LogP contribution in [0, 0.1) is 5.92 Å². The molecule has 3 nitrogen and oxygen atoms in total. The number of ketones is 2. The van der Waals surface area contributed by atoms with Crippen molar-refractivity contribution in [3.05, 3.63) is 0 Å². The summed E-state index contributed by atoms with van der Waals surface area (Å²) in [6, 6.07) is 0. The molecule has 0 amide bonds. The van der Waals surface area contributed by atoms with Gasteiger partial charge in [-0.1, -0.05) is 13.3 Å². The molecule has 1 fully saturated rings. The summed E-state index contributed by atoms with van der Waals surface area (Å²) in [4.78, 5) is 22.2. The first-order valence-corrected chi connectivity index (χ1v) is 4.40. The minimum absolute atomic E-state index is 0.0268. The minimum atomic E-state index is -0.591. The lowest BCUT2D eigenvalue weighted by atomic mass is 9.83. The smallest absolute Gasteiger partial charge is 0.201 e. The Balaban J connectivity index is 2.60. The van der Waals surface area contributed by atoms with Crippen molar-refractivity contribution in [2.24, 2.45) is 5.92 Å². The van der Waals surface area contributed by atoms with Crippen molar-refractivity contribution in [3.63, 3.8) is 0 Å². The molecule has 0 aliphatic heterocycles. The van der Waals surface area contributed by atoms with Gasteiger partial charge in [0.15, 0.2) is 0 Å². The average Bonchev–Trinajstić information content (AvgIpc) is 2.00. The first-order valence-electron chi connectivity index (χ1n) is 4.40. The highest BCUT2D eigenvalue weighted by molar-refractivity contribution is 6.38. The second-order valence-electron chi connectivity index (χ2n) is 3.37. The Labute approximate surface area is 71.8 Å². The molecule has 0 radical (unpaired) electrons. The summed E-state index contributed by atoms with van der Waals surface area (Å²) >= 11 is 0. The van der Waals surface area contributed by atoms with Crippen molar-refractivity contribution < 1.29 is 14.7 Å². The zero-order valence-corrected chi connectivity index (χ0v) is 7.25. The molecule has 0 heterocycles. The van der Waals surface area contributed by atoms with Crippen LogP contribution in [0.15, 0.2) is 0 Å². The molecular weight excluding hydrogens is 156 g/mol. The SMILES string of the molecule is CCC[C@@H]1C[C@@H](O)CC(=O)C1=O. The largest absolute Gasteiger partial charge is 0.393 e. The van der Waals surface area contributed by atoms with E-state index in [2.05, 4.69) is 0 Å². The number of carbonyl (C=O) groups is 2. The monoisotopic (exact) mass is 170 g/mol. The van der Waals surface area contributed by atoms with E-state index < -0.39 is 11.9 Å². The molecular formula is C9H14O3. The molecule has 12 heavy (non-hydrogen) atoms. The minimum Gasteiger partial charge on any atom is -0.393 e. The lowest BCUT2D eigenvalue weighted by molar-refractivity contribution is -0.143. The Hall–Kier alpha value is -0.700. The summed E-state index contributed by atoms with van der Waals surface area (Å²) in [5.41, 5.74) is 0. The van der Waals surface area contributed by atoms with Crippen molar-refractivity contribution in [2.75, 3.05) is 0 Å². The second-order valence-corrected chi connectivity index (χ2v) is 3.37. The lowest BCUT2D eigenvalue weighted by Gasteiger charge is -2.22. The van der Waals surface area contributed by atoms with E-state index in [1.165, 1.54) is 0 Å². The lowest BCUT2D eigenvalue weighted by Crippen LogP contribution is -2.35. The van der Waals surface area contributed by atoms with Crippen LogP contribution in [0.2, 0.25) is 0 Å². The number of carbonyl (C=O) groups excluding carboxylic acids is 2. The molecule has 0 saturated heterocycles. The third-order valence-corrected chi connectivity index (χ3v) is 2.26. The maximum atomic E-state index is 11.2. The second kappa shape index (κ2) is 3.81. The Bertz CT molecular complexity index is 198. The van der Waals surface area contributed by atoms with E-state index in [0.717, 1.165) is 12.8 Å². The van der Waals surface area contributed by atoms with Crippen LogP contribution in [0.5, 0.6) is 0 Å². The van der Waals surface area contributed by atoms with Gasteiger partial charge in [0.25, 0.3) is 0 Å². The highest BCUT2D eigenvalue weighted by Crippen LogP contribution is 2.22. The Morgan fingerprint density at radius 1 is 1.50 bits per heavy atom. The summed E-state index contributed by atoms with van der Waals surface area (Å²) in [6.07, 6.45) is 1.52. The van der Waals surface area contributed by atoms with E-state index >= 15 is 0 Å². The van der Waals surface area contributed by atoms with Crippen LogP contribution in [0.4, 0.5) is 0 Å². The molecule has 0 aromatic heterocycles. The molecule has 68 valence electrons. The Morgan fingerprint density at radius 2 is 2.17 bits per heavy atom. The van der Waals surface area contributed by atoms with Crippen LogP contribution >= 0.6 is 0 Å². The molecule has 3 heteroatoms. The molecule has 2 atom stereocenters. The van der Waals surface area contributed by atoms with Crippen LogP contribution in [0.1, 0.15) is 32.6 Å². The summed E-state index contributed by atoms with van der Waals surface area (Å²) in [5.74, 6) is -0.888. The molecule has 1 rings (SSSR count). The zero-order valence-electron chi connectivity index (χ0n) is 7.25. The summed E-state index contributed by atoms with van der Waals surface area (Å²) in [5, 5.41) is 9.22. The molecule has 1 saturated carbocycles. The van der Waals surface area contributed by atoms with Crippen LogP contribution < -0.4 is 0 Å². The summed E-state index contributed by atoms with van der Waals surface area (Å²) in [6.45, 7) is 1.97. The van der Waals surface area contributed by atoms with Gasteiger partial charge in [0.2, 0.25) is 11.6 Å². The molecule has 0 aromatic carbocycles. The van der Waals surface area contributed by atoms with Crippen molar-refractivity contribution in [2.45, 2.75) is 38.7 Å². The predicted octanol–water partition coefficient (Wildman–Crippen LogP) is 0.696. The number of rotatable bonds is 2. The normalized spacial score (nSPS) is 30.8. The van der Waals surface area contributed by atoms with Crippen LogP contribution in [-0.4, -0.2) is 22.8 Å².